The summed E-state index contributed by atoms with van der Waals surface area (Å²) in [5.74, 6) is 1.46. The summed E-state index contributed by atoms with van der Waals surface area (Å²) in [5.41, 5.74) is 3.72. The van der Waals surface area contributed by atoms with Crippen LogP contribution in [0.4, 0.5) is 0 Å². The molecule has 11 heteroatoms. The average molecular weight is 578 g/mol. The number of hydrogen-bond donors (Lipinski definition) is 0. The van der Waals surface area contributed by atoms with E-state index < -0.39 is 17.9 Å². The second-order valence-corrected chi connectivity index (χ2v) is 19.9. The van der Waals surface area contributed by atoms with Crippen molar-refractivity contribution in [3.8, 4) is 22.9 Å². The van der Waals surface area contributed by atoms with Gasteiger partial charge in [-0.05, 0) is 48.9 Å². The van der Waals surface area contributed by atoms with Crippen molar-refractivity contribution in [1.29, 1.82) is 0 Å². The summed E-state index contributed by atoms with van der Waals surface area (Å²) in [4.78, 5) is 11.6. The normalized spacial score (nSPS) is 20.4. The lowest BCUT2D eigenvalue weighted by atomic mass is 10.2. The number of likely N-dealkylation sites (tertiary alicyclic amines) is 1. The van der Waals surface area contributed by atoms with Crippen LogP contribution in [0.3, 0.4) is 0 Å². The van der Waals surface area contributed by atoms with Gasteiger partial charge in [-0.3, -0.25) is 9.88 Å². The molecule has 2 bridgehead atoms. The second-order valence-electron chi connectivity index (χ2n) is 12.0. The van der Waals surface area contributed by atoms with Crippen LogP contribution in [0.2, 0.25) is 25.7 Å². The van der Waals surface area contributed by atoms with E-state index in [0.717, 1.165) is 46.9 Å². The van der Waals surface area contributed by atoms with E-state index in [1.165, 1.54) is 0 Å². The third kappa shape index (κ3) is 5.97. The van der Waals surface area contributed by atoms with Gasteiger partial charge in [-0.2, -0.15) is 5.10 Å². The van der Waals surface area contributed by atoms with E-state index in [-0.39, 0.29) is 17.0 Å². The molecule has 0 radical (unpaired) electrons. The molecule has 40 heavy (non-hydrogen) atoms. The van der Waals surface area contributed by atoms with E-state index in [1.54, 1.807) is 12.4 Å². The Kier molecular flexibility index (Phi) is 7.24. The summed E-state index contributed by atoms with van der Waals surface area (Å²) in [6.45, 7) is 9.46. The first-order chi connectivity index (χ1) is 19.1. The Labute approximate surface area is 236 Å². The molecule has 2 aliphatic heterocycles. The Morgan fingerprint density at radius 2 is 1.95 bits per heavy atom. The maximum absolute atomic E-state index is 12.0. The fourth-order valence-corrected chi connectivity index (χ4v) is 8.24. The Morgan fingerprint density at radius 3 is 2.67 bits per heavy atom. The Balaban J connectivity index is 1.08. The first kappa shape index (κ1) is 27.1. The topological polar surface area (TPSA) is 99.4 Å². The van der Waals surface area contributed by atoms with Crippen LogP contribution in [0.25, 0.3) is 22.2 Å². The Bertz CT molecular complexity index is 1620. The maximum atomic E-state index is 12.0. The van der Waals surface area contributed by atoms with Crippen molar-refractivity contribution in [2.24, 2.45) is 0 Å². The highest BCUT2D eigenvalue weighted by molar-refractivity contribution is 7.92. The molecule has 4 aromatic rings. The van der Waals surface area contributed by atoms with Crippen LogP contribution in [0.15, 0.2) is 60.9 Å². The first-order valence-corrected chi connectivity index (χ1v) is 19.1. The lowest BCUT2D eigenvalue weighted by molar-refractivity contribution is 0.0798. The number of pyridine rings is 2. The highest BCUT2D eigenvalue weighted by Gasteiger charge is 2.48. The van der Waals surface area contributed by atoms with Crippen molar-refractivity contribution >= 4 is 28.8 Å². The molecule has 9 nitrogen and oxygen atoms in total. The minimum absolute atomic E-state index is 0.121. The van der Waals surface area contributed by atoms with Crippen LogP contribution in [0.1, 0.15) is 12.1 Å². The van der Waals surface area contributed by atoms with Gasteiger partial charge in [0.15, 0.2) is 9.84 Å². The van der Waals surface area contributed by atoms with Gasteiger partial charge in [0.2, 0.25) is 5.88 Å². The molecule has 6 rings (SSSR count). The molecule has 2 atom stereocenters. The predicted molar refractivity (Wildman–Crippen MR) is 158 cm³/mol. The quantitative estimate of drug-likeness (QED) is 0.192. The van der Waals surface area contributed by atoms with Gasteiger partial charge < -0.3 is 9.47 Å². The molecule has 0 aliphatic carbocycles. The first-order valence-electron chi connectivity index (χ1n) is 13.7. The number of aromatic nitrogens is 4. The monoisotopic (exact) mass is 577 g/mol. The Hall–Kier alpha value is -3.12. The second kappa shape index (κ2) is 10.7. The summed E-state index contributed by atoms with van der Waals surface area (Å²) >= 11 is 0. The lowest BCUT2D eigenvalue weighted by Crippen LogP contribution is -2.40. The molecule has 5 heterocycles. The van der Waals surface area contributed by atoms with Gasteiger partial charge in [0.25, 0.3) is 0 Å². The summed E-state index contributed by atoms with van der Waals surface area (Å²) in [7, 11) is -4.02. The van der Waals surface area contributed by atoms with Crippen molar-refractivity contribution in [3.63, 3.8) is 0 Å². The third-order valence-electron chi connectivity index (χ3n) is 7.69. The van der Waals surface area contributed by atoms with Gasteiger partial charge in [0, 0.05) is 63.2 Å². The SMILES string of the molecule is C[Si](C)(C)CCOCn1nccc1-c1ccc(Oc2ccc3nc(CN4CC5CC4CS5(=O)=O)ccc3c2)nc1. The standard InChI is InChI=1S/C29H35N5O4SSi/c1-40(2,3)13-12-37-20-34-28(10-11-31-34)22-5-9-29(30-16-22)38-25-7-8-27-21(14-25)4-6-23(32-27)17-33-18-26-15-24(33)19-39(26,35)36/h4-11,14,16,24,26H,12-13,15,17-20H2,1-3H3. The molecule has 1 aromatic carbocycles. The summed E-state index contributed by atoms with van der Waals surface area (Å²) in [6.07, 6.45) is 4.31. The molecule has 0 spiro atoms. The van der Waals surface area contributed by atoms with E-state index in [9.17, 15) is 8.42 Å². The number of hydrogen-bond acceptors (Lipinski definition) is 8. The summed E-state index contributed by atoms with van der Waals surface area (Å²) in [6, 6.07) is 16.9. The van der Waals surface area contributed by atoms with E-state index >= 15 is 0 Å². The minimum Gasteiger partial charge on any atom is -0.439 e. The fourth-order valence-electron chi connectivity index (χ4n) is 5.40. The molecular weight excluding hydrogens is 543 g/mol. The number of ether oxygens (including phenoxy) is 2. The largest absolute Gasteiger partial charge is 0.439 e. The molecule has 2 fully saturated rings. The maximum Gasteiger partial charge on any atom is 0.219 e. The van der Waals surface area contributed by atoms with Gasteiger partial charge in [-0.15, -0.1) is 0 Å². The summed E-state index contributed by atoms with van der Waals surface area (Å²) < 4.78 is 37.9. The zero-order chi connectivity index (χ0) is 27.9. The highest BCUT2D eigenvalue weighted by Crippen LogP contribution is 2.34. The Morgan fingerprint density at radius 1 is 1.07 bits per heavy atom. The molecule has 2 saturated heterocycles. The molecule has 210 valence electrons. The van der Waals surface area contributed by atoms with Gasteiger partial charge in [0.1, 0.15) is 12.5 Å². The van der Waals surface area contributed by atoms with E-state index in [1.807, 2.05) is 53.2 Å². The molecule has 2 aliphatic rings. The van der Waals surface area contributed by atoms with Gasteiger partial charge in [-0.25, -0.2) is 18.1 Å². The highest BCUT2D eigenvalue weighted by atomic mass is 32.2. The van der Waals surface area contributed by atoms with Crippen molar-refractivity contribution in [1.82, 2.24) is 24.6 Å². The van der Waals surface area contributed by atoms with Crippen LogP contribution >= 0.6 is 0 Å². The van der Waals surface area contributed by atoms with Gasteiger partial charge >= 0.3 is 0 Å². The van der Waals surface area contributed by atoms with Crippen LogP contribution in [0.5, 0.6) is 11.6 Å². The van der Waals surface area contributed by atoms with Crippen LogP contribution in [-0.2, 0) is 27.8 Å². The van der Waals surface area contributed by atoms with Crippen molar-refractivity contribution < 1.29 is 17.9 Å². The molecule has 2 unspecified atom stereocenters. The molecular formula is C29H35N5O4SSi. The van der Waals surface area contributed by atoms with E-state index in [0.29, 0.717) is 31.4 Å². The predicted octanol–water partition coefficient (Wildman–Crippen LogP) is 4.97. The molecule has 3 aromatic heterocycles. The number of fused-ring (bicyclic) bond motifs is 3. The zero-order valence-electron chi connectivity index (χ0n) is 23.2. The lowest BCUT2D eigenvalue weighted by Gasteiger charge is -2.26. The van der Waals surface area contributed by atoms with E-state index in [2.05, 4.69) is 34.6 Å². The minimum atomic E-state index is -2.89. The van der Waals surface area contributed by atoms with Crippen molar-refractivity contribution in [2.75, 3.05) is 18.9 Å². The number of nitrogens with zero attached hydrogens (tertiary/aromatic N) is 5. The van der Waals surface area contributed by atoms with E-state index in [4.69, 9.17) is 14.5 Å². The van der Waals surface area contributed by atoms with Crippen LogP contribution in [0, 0.1) is 0 Å². The number of sulfone groups is 1. The van der Waals surface area contributed by atoms with Gasteiger partial charge in [-0.1, -0.05) is 25.7 Å². The molecule has 0 saturated carbocycles. The van der Waals surface area contributed by atoms with Crippen LogP contribution in [-0.4, -0.2) is 71.3 Å². The smallest absolute Gasteiger partial charge is 0.219 e. The average Bonchev–Trinajstić information content (AvgIpc) is 3.61. The number of benzene rings is 1. The third-order valence-corrected chi connectivity index (χ3v) is 11.6. The molecule has 0 amide bonds. The van der Waals surface area contributed by atoms with Crippen LogP contribution < -0.4 is 4.74 Å². The molecule has 0 N–H and O–H groups in total. The zero-order valence-corrected chi connectivity index (χ0v) is 25.0. The fraction of sp³-hybridized carbons (Fsp3) is 0.414. The number of rotatable bonds is 10. The van der Waals surface area contributed by atoms with Crippen molar-refractivity contribution in [2.45, 2.75) is 56.7 Å². The van der Waals surface area contributed by atoms with Gasteiger partial charge in [0.05, 0.1) is 27.9 Å². The summed E-state index contributed by atoms with van der Waals surface area (Å²) in [5, 5.41) is 5.17. The van der Waals surface area contributed by atoms with Crippen molar-refractivity contribution in [3.05, 3.63) is 66.6 Å².